The third-order valence-corrected chi connectivity index (χ3v) is 8.89. The Bertz CT molecular complexity index is 1240. The average Bonchev–Trinajstić information content (AvgIpc) is 3.44. The lowest BCUT2D eigenvalue weighted by molar-refractivity contribution is 0.0732. The lowest BCUT2D eigenvalue weighted by atomic mass is 9.68. The zero-order valence-electron chi connectivity index (χ0n) is 20.8. The number of aromatic nitrogens is 2. The molecule has 4 nitrogen and oxygen atoms in total. The van der Waals surface area contributed by atoms with Crippen molar-refractivity contribution in [3.05, 3.63) is 75.9 Å². The normalized spacial score (nSPS) is 25.0. The second-order valence-corrected chi connectivity index (χ2v) is 11.8. The van der Waals surface area contributed by atoms with Crippen LogP contribution >= 0.6 is 11.6 Å². The number of fused-ring (bicyclic) bond motifs is 2. The van der Waals surface area contributed by atoms with E-state index in [4.69, 9.17) is 16.7 Å². The highest BCUT2D eigenvalue weighted by Crippen LogP contribution is 2.62. The number of hydrogen-bond donors (Lipinski definition) is 1. The summed E-state index contributed by atoms with van der Waals surface area (Å²) in [7, 11) is 0. The molecule has 3 atom stereocenters. The number of carbonyl (C=O) groups is 1. The molecule has 2 saturated carbocycles. The standard InChI is InChI=1S/C29H34ClN3O/c1-18-6-8-20(9-7-18)17-33-25(21-10-11-23(30)19(2)14-21)15-24(32-33)26(34)31-27-28(3,4)22-12-13-29(27,5)16-22/h6-11,14-15,22,27H,12-13,16-17H2,1-5H3,(H,31,34)/t22-,27?,29-/m0/s1. The molecule has 0 spiro atoms. The Morgan fingerprint density at radius 2 is 1.85 bits per heavy atom. The molecular formula is C29H34ClN3O. The Kier molecular flexibility index (Phi) is 5.63. The van der Waals surface area contributed by atoms with Gasteiger partial charge in [0.1, 0.15) is 0 Å². The third-order valence-electron chi connectivity index (χ3n) is 8.46. The van der Waals surface area contributed by atoms with Crippen LogP contribution in [0.1, 0.15) is 67.2 Å². The first-order valence-corrected chi connectivity index (χ1v) is 12.7. The highest BCUT2D eigenvalue weighted by Gasteiger charge is 2.59. The first kappa shape index (κ1) is 23.2. The number of carbonyl (C=O) groups excluding carboxylic acids is 1. The summed E-state index contributed by atoms with van der Waals surface area (Å²) in [5.74, 6) is 0.593. The molecule has 0 radical (unpaired) electrons. The Balaban J connectivity index is 1.49. The van der Waals surface area contributed by atoms with Gasteiger partial charge < -0.3 is 5.32 Å². The predicted octanol–water partition coefficient (Wildman–Crippen LogP) is 6.81. The molecule has 0 aliphatic heterocycles. The van der Waals surface area contributed by atoms with Gasteiger partial charge in [-0.05, 0) is 79.2 Å². The molecule has 1 unspecified atom stereocenters. The maximum atomic E-state index is 13.5. The predicted molar refractivity (Wildman–Crippen MR) is 138 cm³/mol. The van der Waals surface area contributed by atoms with Crippen LogP contribution in [0.4, 0.5) is 0 Å². The van der Waals surface area contributed by atoms with Gasteiger partial charge in [0.2, 0.25) is 0 Å². The minimum absolute atomic E-state index is 0.0820. The van der Waals surface area contributed by atoms with Gasteiger partial charge in [-0.3, -0.25) is 9.48 Å². The van der Waals surface area contributed by atoms with Crippen LogP contribution in [0.15, 0.2) is 48.5 Å². The van der Waals surface area contributed by atoms with E-state index >= 15 is 0 Å². The van der Waals surface area contributed by atoms with Crippen molar-refractivity contribution >= 4 is 17.5 Å². The Labute approximate surface area is 207 Å². The van der Waals surface area contributed by atoms with Crippen LogP contribution in [0.5, 0.6) is 0 Å². The van der Waals surface area contributed by atoms with Gasteiger partial charge in [-0.25, -0.2) is 0 Å². The first-order chi connectivity index (χ1) is 16.1. The third kappa shape index (κ3) is 3.96. The molecule has 2 aromatic carbocycles. The second kappa shape index (κ2) is 8.27. The summed E-state index contributed by atoms with van der Waals surface area (Å²) in [5.41, 5.74) is 6.04. The van der Waals surface area contributed by atoms with Gasteiger partial charge in [0.25, 0.3) is 5.91 Å². The molecule has 5 rings (SSSR count). The Morgan fingerprint density at radius 3 is 2.50 bits per heavy atom. The van der Waals surface area contributed by atoms with Crippen molar-refractivity contribution in [3.8, 4) is 11.3 Å². The lowest BCUT2D eigenvalue weighted by Gasteiger charge is -2.42. The number of aryl methyl sites for hydroxylation is 2. The molecule has 1 amide bonds. The van der Waals surface area contributed by atoms with Crippen LogP contribution in [0.25, 0.3) is 11.3 Å². The van der Waals surface area contributed by atoms with E-state index in [1.165, 1.54) is 24.8 Å². The quantitative estimate of drug-likeness (QED) is 0.440. The van der Waals surface area contributed by atoms with Crippen LogP contribution in [-0.4, -0.2) is 21.7 Å². The van der Waals surface area contributed by atoms with E-state index in [2.05, 4.69) is 63.3 Å². The Morgan fingerprint density at radius 1 is 1.12 bits per heavy atom. The van der Waals surface area contributed by atoms with Gasteiger partial charge in [-0.2, -0.15) is 5.10 Å². The average molecular weight is 476 g/mol. The number of rotatable bonds is 5. The molecule has 2 fully saturated rings. The van der Waals surface area contributed by atoms with Crippen LogP contribution in [0.2, 0.25) is 5.02 Å². The smallest absolute Gasteiger partial charge is 0.272 e. The molecule has 1 aromatic heterocycles. The number of nitrogens with zero attached hydrogens (tertiary/aromatic N) is 2. The highest BCUT2D eigenvalue weighted by atomic mass is 35.5. The molecule has 2 aliphatic carbocycles. The molecule has 34 heavy (non-hydrogen) atoms. The fraction of sp³-hybridized carbons (Fsp3) is 0.448. The minimum Gasteiger partial charge on any atom is -0.347 e. The fourth-order valence-corrected chi connectivity index (χ4v) is 6.54. The summed E-state index contributed by atoms with van der Waals surface area (Å²) in [5, 5.41) is 8.94. The van der Waals surface area contributed by atoms with Crippen molar-refractivity contribution in [3.63, 3.8) is 0 Å². The number of benzene rings is 2. The monoisotopic (exact) mass is 475 g/mol. The molecule has 1 heterocycles. The van der Waals surface area contributed by atoms with Crippen molar-refractivity contribution in [2.24, 2.45) is 16.7 Å². The van der Waals surface area contributed by atoms with Crippen LogP contribution in [-0.2, 0) is 6.54 Å². The molecule has 5 heteroatoms. The van der Waals surface area contributed by atoms with E-state index in [1.54, 1.807) is 0 Å². The van der Waals surface area contributed by atoms with Crippen molar-refractivity contribution in [2.75, 3.05) is 0 Å². The summed E-state index contributed by atoms with van der Waals surface area (Å²) in [6.07, 6.45) is 3.65. The van der Waals surface area contributed by atoms with Gasteiger partial charge in [0.05, 0.1) is 12.2 Å². The van der Waals surface area contributed by atoms with Gasteiger partial charge in [-0.1, -0.05) is 68.3 Å². The van der Waals surface area contributed by atoms with Crippen LogP contribution in [0, 0.1) is 30.6 Å². The zero-order chi connectivity index (χ0) is 24.3. The van der Waals surface area contributed by atoms with E-state index in [9.17, 15) is 4.79 Å². The van der Waals surface area contributed by atoms with Crippen LogP contribution < -0.4 is 5.32 Å². The Hall–Kier alpha value is -2.59. The molecule has 0 saturated heterocycles. The molecule has 1 N–H and O–H groups in total. The number of amides is 1. The highest BCUT2D eigenvalue weighted by molar-refractivity contribution is 6.31. The molecule has 3 aromatic rings. The minimum atomic E-state index is -0.0820. The largest absolute Gasteiger partial charge is 0.347 e. The van der Waals surface area contributed by atoms with E-state index in [0.717, 1.165) is 27.4 Å². The van der Waals surface area contributed by atoms with Gasteiger partial charge in [-0.15, -0.1) is 0 Å². The second-order valence-electron chi connectivity index (χ2n) is 11.3. The summed E-state index contributed by atoms with van der Waals surface area (Å²) in [6, 6.07) is 16.5. The molecule has 2 bridgehead atoms. The van der Waals surface area contributed by atoms with E-state index < -0.39 is 0 Å². The number of nitrogens with one attached hydrogen (secondary N) is 1. The van der Waals surface area contributed by atoms with Gasteiger partial charge in [0.15, 0.2) is 5.69 Å². The summed E-state index contributed by atoms with van der Waals surface area (Å²) >= 11 is 6.29. The summed E-state index contributed by atoms with van der Waals surface area (Å²) < 4.78 is 1.94. The number of hydrogen-bond acceptors (Lipinski definition) is 2. The SMILES string of the molecule is Cc1ccc(Cn2nc(C(=O)NC3C(C)(C)[C@H]4CC[C@@]3(C)C4)cc2-c2ccc(Cl)c(C)c2)cc1. The van der Waals surface area contributed by atoms with Gasteiger partial charge in [0, 0.05) is 16.6 Å². The van der Waals surface area contributed by atoms with Crippen molar-refractivity contribution in [1.29, 1.82) is 0 Å². The van der Waals surface area contributed by atoms with E-state index in [-0.39, 0.29) is 22.8 Å². The van der Waals surface area contributed by atoms with E-state index in [1.807, 2.05) is 29.8 Å². The van der Waals surface area contributed by atoms with Crippen molar-refractivity contribution in [2.45, 2.75) is 66.5 Å². The zero-order valence-corrected chi connectivity index (χ0v) is 21.5. The van der Waals surface area contributed by atoms with Crippen molar-refractivity contribution < 1.29 is 4.79 Å². The summed E-state index contributed by atoms with van der Waals surface area (Å²) in [6.45, 7) is 11.6. The fourth-order valence-electron chi connectivity index (χ4n) is 6.42. The molecular weight excluding hydrogens is 442 g/mol. The lowest BCUT2D eigenvalue weighted by Crippen LogP contribution is -2.52. The first-order valence-electron chi connectivity index (χ1n) is 12.3. The maximum Gasteiger partial charge on any atom is 0.272 e. The molecule has 2 aliphatic rings. The summed E-state index contributed by atoms with van der Waals surface area (Å²) in [4.78, 5) is 13.5. The topological polar surface area (TPSA) is 46.9 Å². The van der Waals surface area contributed by atoms with Crippen molar-refractivity contribution in [1.82, 2.24) is 15.1 Å². The maximum absolute atomic E-state index is 13.5. The van der Waals surface area contributed by atoms with E-state index in [0.29, 0.717) is 18.2 Å². The van der Waals surface area contributed by atoms with Crippen LogP contribution in [0.3, 0.4) is 0 Å². The number of halogens is 1. The van der Waals surface area contributed by atoms with Gasteiger partial charge >= 0.3 is 0 Å². The molecule has 178 valence electrons.